The Hall–Kier alpha value is -3.36. The molecule has 1 aliphatic rings. The molecule has 1 saturated heterocycles. The van der Waals surface area contributed by atoms with E-state index < -0.39 is 36.4 Å². The summed E-state index contributed by atoms with van der Waals surface area (Å²) in [6, 6.07) is 17.8. The van der Waals surface area contributed by atoms with E-state index in [1.54, 1.807) is 66.0 Å². The van der Waals surface area contributed by atoms with Crippen LogP contribution in [0, 0.1) is 5.92 Å². The molecule has 3 rings (SSSR count). The summed E-state index contributed by atoms with van der Waals surface area (Å²) >= 11 is 0. The molecule has 1 aliphatic heterocycles. The number of rotatable bonds is 6. The van der Waals surface area contributed by atoms with Crippen LogP contribution >= 0.6 is 0 Å². The molecule has 0 atom stereocenters. The van der Waals surface area contributed by atoms with Gasteiger partial charge in [0.1, 0.15) is 5.92 Å². The van der Waals surface area contributed by atoms with Crippen LogP contribution in [0.25, 0.3) is 0 Å². The highest BCUT2D eigenvalue weighted by Crippen LogP contribution is 2.25. The standard InChI is InChI=1S/C20H18F3N3O3/c21-20(22,23)19(29)24-11-16-17(27)25(12-14-7-3-1-4-8-14)26(18(16)28)13-15-9-5-2-6-10-15/h1-10,16H,11-13H2,(H,24,29). The molecule has 29 heavy (non-hydrogen) atoms. The molecule has 1 fully saturated rings. The number of hydrogen-bond donors (Lipinski definition) is 1. The summed E-state index contributed by atoms with van der Waals surface area (Å²) in [6.07, 6.45) is -5.09. The predicted octanol–water partition coefficient (Wildman–Crippen LogP) is 2.27. The van der Waals surface area contributed by atoms with Crippen LogP contribution in [0.1, 0.15) is 11.1 Å². The quantitative estimate of drug-likeness (QED) is 0.750. The van der Waals surface area contributed by atoms with Gasteiger partial charge in [-0.2, -0.15) is 13.2 Å². The van der Waals surface area contributed by atoms with Crippen LogP contribution < -0.4 is 5.32 Å². The van der Waals surface area contributed by atoms with Crippen LogP contribution in [0.4, 0.5) is 13.2 Å². The molecule has 0 aromatic heterocycles. The van der Waals surface area contributed by atoms with E-state index in [1.165, 1.54) is 10.0 Å². The predicted molar refractivity (Wildman–Crippen MR) is 96.5 cm³/mol. The van der Waals surface area contributed by atoms with Gasteiger partial charge in [-0.05, 0) is 11.1 Å². The molecule has 0 bridgehead atoms. The number of nitrogens with zero attached hydrogens (tertiary/aromatic N) is 2. The summed E-state index contributed by atoms with van der Waals surface area (Å²) in [5.41, 5.74) is 1.51. The lowest BCUT2D eigenvalue weighted by atomic mass is 10.1. The van der Waals surface area contributed by atoms with Gasteiger partial charge in [0, 0.05) is 6.54 Å². The van der Waals surface area contributed by atoms with Crippen molar-refractivity contribution >= 4 is 17.7 Å². The second kappa shape index (κ2) is 8.34. The van der Waals surface area contributed by atoms with Crippen molar-refractivity contribution in [3.8, 4) is 0 Å². The van der Waals surface area contributed by atoms with Crippen molar-refractivity contribution in [3.05, 3.63) is 71.8 Å². The minimum atomic E-state index is -5.09. The molecule has 6 nitrogen and oxygen atoms in total. The van der Waals surface area contributed by atoms with Gasteiger partial charge in [-0.25, -0.2) is 10.0 Å². The van der Waals surface area contributed by atoms with E-state index in [0.29, 0.717) is 0 Å². The molecular weight excluding hydrogens is 387 g/mol. The lowest BCUT2D eigenvalue weighted by molar-refractivity contribution is -0.173. The molecule has 0 aliphatic carbocycles. The van der Waals surface area contributed by atoms with Crippen LogP contribution in [0.2, 0.25) is 0 Å². The van der Waals surface area contributed by atoms with Gasteiger partial charge in [-0.1, -0.05) is 60.7 Å². The fourth-order valence-electron chi connectivity index (χ4n) is 3.01. The van der Waals surface area contributed by atoms with Crippen molar-refractivity contribution in [2.45, 2.75) is 19.3 Å². The van der Waals surface area contributed by atoms with E-state index in [1.807, 2.05) is 0 Å². The fraction of sp³-hybridized carbons (Fsp3) is 0.250. The number of carbonyl (C=O) groups excluding carboxylic acids is 3. The highest BCUT2D eigenvalue weighted by Gasteiger charge is 2.47. The summed E-state index contributed by atoms with van der Waals surface area (Å²) in [7, 11) is 0. The molecule has 0 spiro atoms. The van der Waals surface area contributed by atoms with Crippen molar-refractivity contribution < 1.29 is 27.6 Å². The summed E-state index contributed by atoms with van der Waals surface area (Å²) in [4.78, 5) is 36.7. The number of carbonyl (C=O) groups is 3. The maximum atomic E-state index is 12.8. The first-order chi connectivity index (χ1) is 13.8. The summed E-state index contributed by atoms with van der Waals surface area (Å²) in [5.74, 6) is -4.91. The van der Waals surface area contributed by atoms with E-state index in [-0.39, 0.29) is 13.1 Å². The lowest BCUT2D eigenvalue weighted by Gasteiger charge is -2.28. The summed E-state index contributed by atoms with van der Waals surface area (Å²) in [5, 5.41) is 4.07. The molecule has 0 saturated carbocycles. The molecule has 152 valence electrons. The zero-order chi connectivity index (χ0) is 21.0. The van der Waals surface area contributed by atoms with Crippen LogP contribution in [-0.2, 0) is 27.5 Å². The minimum Gasteiger partial charge on any atom is -0.347 e. The summed E-state index contributed by atoms with van der Waals surface area (Å²) in [6.45, 7) is -0.545. The third-order valence-electron chi connectivity index (χ3n) is 4.47. The minimum absolute atomic E-state index is 0.0853. The zero-order valence-corrected chi connectivity index (χ0v) is 15.2. The number of nitrogens with one attached hydrogen (secondary N) is 1. The number of benzene rings is 2. The van der Waals surface area contributed by atoms with Crippen molar-refractivity contribution in [1.82, 2.24) is 15.3 Å². The third-order valence-corrected chi connectivity index (χ3v) is 4.47. The van der Waals surface area contributed by atoms with Gasteiger partial charge < -0.3 is 5.32 Å². The first kappa shape index (κ1) is 20.4. The monoisotopic (exact) mass is 405 g/mol. The number of halogens is 3. The normalized spacial score (nSPS) is 15.1. The Balaban J connectivity index is 1.81. The van der Waals surface area contributed by atoms with Crippen LogP contribution in [0.5, 0.6) is 0 Å². The van der Waals surface area contributed by atoms with E-state index in [0.717, 1.165) is 11.1 Å². The van der Waals surface area contributed by atoms with Gasteiger partial charge in [-0.15, -0.1) is 0 Å². The molecule has 0 radical (unpaired) electrons. The average Bonchev–Trinajstić information content (AvgIpc) is 2.91. The second-order valence-corrected chi connectivity index (χ2v) is 6.52. The Morgan fingerprint density at radius 3 is 1.62 bits per heavy atom. The second-order valence-electron chi connectivity index (χ2n) is 6.52. The van der Waals surface area contributed by atoms with E-state index in [9.17, 15) is 27.6 Å². The Labute approximate surface area is 164 Å². The fourth-order valence-corrected chi connectivity index (χ4v) is 3.01. The van der Waals surface area contributed by atoms with Gasteiger partial charge in [0.05, 0.1) is 13.1 Å². The van der Waals surface area contributed by atoms with E-state index in [4.69, 9.17) is 0 Å². The molecule has 1 N–H and O–H groups in total. The Kier molecular flexibility index (Phi) is 5.86. The van der Waals surface area contributed by atoms with Crippen molar-refractivity contribution in [2.75, 3.05) is 6.54 Å². The number of hydrogen-bond acceptors (Lipinski definition) is 3. The Morgan fingerprint density at radius 2 is 1.24 bits per heavy atom. The van der Waals surface area contributed by atoms with Gasteiger partial charge in [-0.3, -0.25) is 14.4 Å². The van der Waals surface area contributed by atoms with Crippen molar-refractivity contribution in [2.24, 2.45) is 5.92 Å². The number of alkyl halides is 3. The van der Waals surface area contributed by atoms with Gasteiger partial charge in [0.2, 0.25) is 0 Å². The highest BCUT2D eigenvalue weighted by atomic mass is 19.4. The molecule has 9 heteroatoms. The third kappa shape index (κ3) is 4.74. The van der Waals surface area contributed by atoms with Crippen LogP contribution in [0.15, 0.2) is 60.7 Å². The average molecular weight is 405 g/mol. The van der Waals surface area contributed by atoms with Gasteiger partial charge in [0.25, 0.3) is 11.8 Å². The molecule has 2 aromatic rings. The van der Waals surface area contributed by atoms with E-state index in [2.05, 4.69) is 0 Å². The van der Waals surface area contributed by atoms with Crippen molar-refractivity contribution in [1.29, 1.82) is 0 Å². The maximum absolute atomic E-state index is 12.8. The highest BCUT2D eigenvalue weighted by molar-refractivity contribution is 6.05. The first-order valence-corrected chi connectivity index (χ1v) is 8.83. The molecule has 3 amide bonds. The lowest BCUT2D eigenvalue weighted by Crippen LogP contribution is -2.42. The Morgan fingerprint density at radius 1 is 0.828 bits per heavy atom. The molecule has 0 unspecified atom stereocenters. The largest absolute Gasteiger partial charge is 0.471 e. The topological polar surface area (TPSA) is 69.7 Å². The van der Waals surface area contributed by atoms with Crippen molar-refractivity contribution in [3.63, 3.8) is 0 Å². The SMILES string of the molecule is O=C1C(CNC(=O)C(F)(F)F)C(=O)N(Cc2ccccc2)N1Cc1ccccc1. The zero-order valence-electron chi connectivity index (χ0n) is 15.2. The van der Waals surface area contributed by atoms with Crippen LogP contribution in [-0.4, -0.2) is 40.5 Å². The maximum Gasteiger partial charge on any atom is 0.471 e. The molecular formula is C20H18F3N3O3. The molecule has 2 aromatic carbocycles. The first-order valence-electron chi connectivity index (χ1n) is 8.83. The van der Waals surface area contributed by atoms with Crippen LogP contribution in [0.3, 0.4) is 0 Å². The summed E-state index contributed by atoms with van der Waals surface area (Å²) < 4.78 is 37.3. The van der Waals surface area contributed by atoms with E-state index >= 15 is 0 Å². The van der Waals surface area contributed by atoms with Gasteiger partial charge >= 0.3 is 12.1 Å². The molecule has 1 heterocycles. The van der Waals surface area contributed by atoms with Gasteiger partial charge in [0.15, 0.2) is 0 Å². The number of amides is 3. The Bertz CT molecular complexity index is 829. The number of hydrazine groups is 1. The smallest absolute Gasteiger partial charge is 0.347 e.